The second-order valence-corrected chi connectivity index (χ2v) is 4.97. The van der Waals surface area contributed by atoms with Gasteiger partial charge in [-0.25, -0.2) is 9.37 Å². The standard InChI is InChI=1S/C14H16BrFN4/c1-3-17-14-18-9-12(15)13(19-14)20(4-2)11-7-5-10(16)6-8-11/h5-9H,3-4H2,1-2H3,(H,17,18,19). The summed E-state index contributed by atoms with van der Waals surface area (Å²) in [7, 11) is 0. The number of anilines is 3. The highest BCUT2D eigenvalue weighted by Gasteiger charge is 2.14. The Hall–Kier alpha value is -1.69. The van der Waals surface area contributed by atoms with Crippen molar-refractivity contribution in [2.45, 2.75) is 13.8 Å². The van der Waals surface area contributed by atoms with E-state index < -0.39 is 0 Å². The van der Waals surface area contributed by atoms with Crippen molar-refractivity contribution in [2.75, 3.05) is 23.3 Å². The van der Waals surface area contributed by atoms with Gasteiger partial charge in [-0.05, 0) is 54.0 Å². The molecule has 0 aliphatic carbocycles. The number of rotatable bonds is 5. The third-order valence-corrected chi connectivity index (χ3v) is 3.33. The molecule has 0 bridgehead atoms. The Morgan fingerprint density at radius 2 is 1.95 bits per heavy atom. The molecule has 0 fully saturated rings. The first kappa shape index (κ1) is 14.7. The summed E-state index contributed by atoms with van der Waals surface area (Å²) in [6.07, 6.45) is 1.71. The highest BCUT2D eigenvalue weighted by atomic mass is 79.9. The maximum Gasteiger partial charge on any atom is 0.224 e. The molecule has 0 saturated carbocycles. The van der Waals surface area contributed by atoms with Gasteiger partial charge in [0.2, 0.25) is 5.95 Å². The average molecular weight is 339 g/mol. The van der Waals surface area contributed by atoms with E-state index in [-0.39, 0.29) is 5.82 Å². The monoisotopic (exact) mass is 338 g/mol. The van der Waals surface area contributed by atoms with E-state index >= 15 is 0 Å². The number of aromatic nitrogens is 2. The van der Waals surface area contributed by atoms with Gasteiger partial charge in [0, 0.05) is 25.0 Å². The minimum atomic E-state index is -0.250. The number of hydrogen-bond donors (Lipinski definition) is 1. The summed E-state index contributed by atoms with van der Waals surface area (Å²) >= 11 is 3.47. The van der Waals surface area contributed by atoms with Crippen molar-refractivity contribution in [1.29, 1.82) is 0 Å². The van der Waals surface area contributed by atoms with Crippen LogP contribution in [0.25, 0.3) is 0 Å². The van der Waals surface area contributed by atoms with Crippen LogP contribution in [0.4, 0.5) is 21.8 Å². The van der Waals surface area contributed by atoms with Crippen LogP contribution < -0.4 is 10.2 Å². The van der Waals surface area contributed by atoms with Crippen LogP contribution in [0.1, 0.15) is 13.8 Å². The molecule has 0 aliphatic rings. The van der Waals surface area contributed by atoms with Crippen LogP contribution in [0.5, 0.6) is 0 Å². The number of nitrogens with one attached hydrogen (secondary N) is 1. The molecule has 0 amide bonds. The van der Waals surface area contributed by atoms with Crippen LogP contribution in [0.3, 0.4) is 0 Å². The van der Waals surface area contributed by atoms with E-state index in [0.29, 0.717) is 12.5 Å². The number of halogens is 2. The van der Waals surface area contributed by atoms with Gasteiger partial charge in [-0.3, -0.25) is 0 Å². The van der Waals surface area contributed by atoms with Crippen molar-refractivity contribution in [3.05, 3.63) is 40.8 Å². The van der Waals surface area contributed by atoms with Gasteiger partial charge < -0.3 is 10.2 Å². The van der Waals surface area contributed by atoms with Crippen LogP contribution in [-0.2, 0) is 0 Å². The molecule has 0 unspecified atom stereocenters. The summed E-state index contributed by atoms with van der Waals surface area (Å²) in [4.78, 5) is 10.7. The maximum atomic E-state index is 13.0. The molecule has 0 saturated heterocycles. The number of nitrogens with zero attached hydrogens (tertiary/aromatic N) is 3. The highest BCUT2D eigenvalue weighted by molar-refractivity contribution is 9.10. The summed E-state index contributed by atoms with van der Waals surface area (Å²) in [6, 6.07) is 6.36. The lowest BCUT2D eigenvalue weighted by molar-refractivity contribution is 0.627. The first-order chi connectivity index (χ1) is 9.65. The van der Waals surface area contributed by atoms with E-state index in [1.807, 2.05) is 18.7 Å². The fourth-order valence-corrected chi connectivity index (χ4v) is 2.27. The predicted molar refractivity (Wildman–Crippen MR) is 83.0 cm³/mol. The largest absolute Gasteiger partial charge is 0.354 e. The molecule has 20 heavy (non-hydrogen) atoms. The molecule has 106 valence electrons. The van der Waals surface area contributed by atoms with E-state index in [0.717, 1.165) is 22.5 Å². The second kappa shape index (κ2) is 6.65. The van der Waals surface area contributed by atoms with E-state index in [1.165, 1.54) is 12.1 Å². The summed E-state index contributed by atoms with van der Waals surface area (Å²) < 4.78 is 13.8. The third kappa shape index (κ3) is 3.25. The average Bonchev–Trinajstić information content (AvgIpc) is 2.45. The lowest BCUT2D eigenvalue weighted by Crippen LogP contribution is -2.19. The van der Waals surface area contributed by atoms with Crippen LogP contribution in [0, 0.1) is 5.82 Å². The minimum absolute atomic E-state index is 0.250. The third-order valence-electron chi connectivity index (χ3n) is 2.77. The normalized spacial score (nSPS) is 10.4. The highest BCUT2D eigenvalue weighted by Crippen LogP contribution is 2.30. The van der Waals surface area contributed by atoms with Crippen molar-refractivity contribution >= 4 is 33.4 Å². The Kier molecular flexibility index (Phi) is 4.89. The molecule has 4 nitrogen and oxygen atoms in total. The Bertz CT molecular complexity index is 574. The van der Waals surface area contributed by atoms with Crippen LogP contribution in [0.2, 0.25) is 0 Å². The molecule has 1 aromatic carbocycles. The van der Waals surface area contributed by atoms with Gasteiger partial charge in [-0.2, -0.15) is 4.98 Å². The van der Waals surface area contributed by atoms with E-state index in [4.69, 9.17) is 0 Å². The van der Waals surface area contributed by atoms with Crippen LogP contribution >= 0.6 is 15.9 Å². The van der Waals surface area contributed by atoms with Gasteiger partial charge in [0.05, 0.1) is 4.47 Å². The minimum Gasteiger partial charge on any atom is -0.354 e. The molecule has 0 spiro atoms. The Morgan fingerprint density at radius 3 is 2.55 bits per heavy atom. The van der Waals surface area contributed by atoms with Gasteiger partial charge in [-0.15, -0.1) is 0 Å². The van der Waals surface area contributed by atoms with Gasteiger partial charge in [0.15, 0.2) is 5.82 Å². The molecule has 1 aromatic heterocycles. The lowest BCUT2D eigenvalue weighted by Gasteiger charge is -2.23. The summed E-state index contributed by atoms with van der Waals surface area (Å²) in [6.45, 7) is 5.48. The number of hydrogen-bond acceptors (Lipinski definition) is 4. The molecule has 0 radical (unpaired) electrons. The fourth-order valence-electron chi connectivity index (χ4n) is 1.87. The Morgan fingerprint density at radius 1 is 1.25 bits per heavy atom. The SMILES string of the molecule is CCNc1ncc(Br)c(N(CC)c2ccc(F)cc2)n1. The zero-order chi connectivity index (χ0) is 14.5. The van der Waals surface area contributed by atoms with E-state index in [2.05, 4.69) is 31.2 Å². The molecule has 1 heterocycles. The summed E-state index contributed by atoms with van der Waals surface area (Å²) in [5.74, 6) is 1.08. The van der Waals surface area contributed by atoms with Gasteiger partial charge in [0.25, 0.3) is 0 Å². The predicted octanol–water partition coefficient (Wildman–Crippen LogP) is 3.97. The molecule has 2 rings (SSSR count). The van der Waals surface area contributed by atoms with Crippen LogP contribution in [-0.4, -0.2) is 23.1 Å². The zero-order valence-electron chi connectivity index (χ0n) is 11.4. The van der Waals surface area contributed by atoms with Crippen molar-refractivity contribution in [1.82, 2.24) is 9.97 Å². The van der Waals surface area contributed by atoms with Crippen molar-refractivity contribution in [2.24, 2.45) is 0 Å². The second-order valence-electron chi connectivity index (χ2n) is 4.12. The molecule has 2 aromatic rings. The van der Waals surface area contributed by atoms with Crippen molar-refractivity contribution in [3.8, 4) is 0 Å². The van der Waals surface area contributed by atoms with Crippen molar-refractivity contribution in [3.63, 3.8) is 0 Å². The molecule has 6 heteroatoms. The summed E-state index contributed by atoms with van der Waals surface area (Å²) in [5.41, 5.74) is 0.885. The number of benzene rings is 1. The smallest absolute Gasteiger partial charge is 0.224 e. The van der Waals surface area contributed by atoms with Crippen molar-refractivity contribution < 1.29 is 4.39 Å². The van der Waals surface area contributed by atoms with Gasteiger partial charge in [0.1, 0.15) is 5.82 Å². The molecule has 0 atom stereocenters. The lowest BCUT2D eigenvalue weighted by atomic mass is 10.2. The Balaban J connectivity index is 2.40. The first-order valence-electron chi connectivity index (χ1n) is 6.45. The van der Waals surface area contributed by atoms with E-state index in [1.54, 1.807) is 18.3 Å². The van der Waals surface area contributed by atoms with Gasteiger partial charge >= 0.3 is 0 Å². The van der Waals surface area contributed by atoms with E-state index in [9.17, 15) is 4.39 Å². The van der Waals surface area contributed by atoms with Gasteiger partial charge in [-0.1, -0.05) is 0 Å². The molecular weight excluding hydrogens is 323 g/mol. The van der Waals surface area contributed by atoms with Crippen LogP contribution in [0.15, 0.2) is 34.9 Å². The molecule has 1 N–H and O–H groups in total. The Labute approximate surface area is 126 Å². The first-order valence-corrected chi connectivity index (χ1v) is 7.24. The maximum absolute atomic E-state index is 13.0. The quantitative estimate of drug-likeness (QED) is 0.895. The zero-order valence-corrected chi connectivity index (χ0v) is 13.0. The fraction of sp³-hybridized carbons (Fsp3) is 0.286. The molecule has 0 aliphatic heterocycles. The topological polar surface area (TPSA) is 41.1 Å². The summed E-state index contributed by atoms with van der Waals surface area (Å²) in [5, 5.41) is 3.08. The molecular formula is C14H16BrFN4.